The lowest BCUT2D eigenvalue weighted by Crippen LogP contribution is -2.37. The molecular formula is C20H27FN4O. The lowest BCUT2D eigenvalue weighted by Gasteiger charge is -2.15. The smallest absolute Gasteiger partial charge is 0.191 e. The topological polar surface area (TPSA) is 48.9 Å². The number of aliphatic imine (C=N–C) groups is 1. The van der Waals surface area contributed by atoms with E-state index in [2.05, 4.69) is 15.6 Å². The van der Waals surface area contributed by atoms with Gasteiger partial charge >= 0.3 is 0 Å². The number of nitrogens with zero attached hydrogens (tertiary/aromatic N) is 2. The second-order valence-electron chi connectivity index (χ2n) is 6.13. The van der Waals surface area contributed by atoms with Crippen LogP contribution >= 0.6 is 0 Å². The maximum Gasteiger partial charge on any atom is 0.191 e. The molecule has 0 aliphatic rings. The molecule has 0 atom stereocenters. The van der Waals surface area contributed by atoms with Crippen LogP contribution in [0, 0.1) is 5.82 Å². The number of benzene rings is 2. The van der Waals surface area contributed by atoms with E-state index in [1.807, 2.05) is 44.4 Å². The van der Waals surface area contributed by atoms with Gasteiger partial charge in [0.1, 0.15) is 11.6 Å². The lowest BCUT2D eigenvalue weighted by atomic mass is 10.1. The number of nitrogens with one attached hydrogen (secondary N) is 2. The molecule has 0 unspecified atom stereocenters. The molecule has 6 heteroatoms. The molecule has 0 bridgehead atoms. The molecule has 0 saturated heterocycles. The van der Waals surface area contributed by atoms with Gasteiger partial charge in [-0.05, 0) is 41.8 Å². The molecule has 5 nitrogen and oxygen atoms in total. The van der Waals surface area contributed by atoms with Gasteiger partial charge in [0.2, 0.25) is 0 Å². The monoisotopic (exact) mass is 358 g/mol. The maximum absolute atomic E-state index is 14.0. The molecule has 0 heterocycles. The van der Waals surface area contributed by atoms with Crippen LogP contribution in [0.25, 0.3) is 0 Å². The van der Waals surface area contributed by atoms with E-state index in [1.165, 1.54) is 5.56 Å². The Labute approximate surface area is 154 Å². The summed E-state index contributed by atoms with van der Waals surface area (Å²) in [6.07, 6.45) is 0.872. The van der Waals surface area contributed by atoms with E-state index >= 15 is 0 Å². The number of hydrogen-bond donors (Lipinski definition) is 2. The molecule has 2 N–H and O–H groups in total. The number of hydrogen-bond acceptors (Lipinski definition) is 3. The molecule has 0 radical (unpaired) electrons. The Bertz CT molecular complexity index is 729. The van der Waals surface area contributed by atoms with Crippen molar-refractivity contribution >= 4 is 11.6 Å². The highest BCUT2D eigenvalue weighted by molar-refractivity contribution is 5.79. The fourth-order valence-electron chi connectivity index (χ4n) is 2.55. The van der Waals surface area contributed by atoms with Crippen LogP contribution < -0.4 is 20.3 Å². The molecule has 2 aromatic rings. The molecule has 2 aromatic carbocycles. The Balaban J connectivity index is 1.81. The molecule has 0 spiro atoms. The first kappa shape index (κ1) is 19.6. The van der Waals surface area contributed by atoms with Gasteiger partial charge in [-0.1, -0.05) is 18.2 Å². The number of guanidine groups is 1. The summed E-state index contributed by atoms with van der Waals surface area (Å²) in [6.45, 7) is 1.26. The maximum atomic E-state index is 14.0. The van der Waals surface area contributed by atoms with Crippen molar-refractivity contribution < 1.29 is 9.13 Å². The second kappa shape index (κ2) is 9.65. The minimum atomic E-state index is -0.225. The van der Waals surface area contributed by atoms with Crippen LogP contribution in [0.4, 0.5) is 10.1 Å². The van der Waals surface area contributed by atoms with Crippen molar-refractivity contribution in [2.45, 2.75) is 13.0 Å². The molecule has 0 amide bonds. The zero-order valence-corrected chi connectivity index (χ0v) is 15.8. The zero-order chi connectivity index (χ0) is 18.9. The Kier molecular flexibility index (Phi) is 7.26. The van der Waals surface area contributed by atoms with Crippen LogP contribution in [-0.2, 0) is 13.0 Å². The molecule has 140 valence electrons. The molecule has 0 saturated carbocycles. The largest absolute Gasteiger partial charge is 0.497 e. The molecular weight excluding hydrogens is 331 g/mol. The molecule has 0 aliphatic heterocycles. The first-order valence-electron chi connectivity index (χ1n) is 8.56. The van der Waals surface area contributed by atoms with Crippen molar-refractivity contribution in [2.75, 3.05) is 39.7 Å². The standard InChI is InChI=1S/C20H27FN4O/c1-22-20(23-12-11-15-5-8-17(26-4)9-6-15)24-14-16-7-10-19(25(2)3)18(21)13-16/h5-10,13H,11-12,14H2,1-4H3,(H2,22,23,24). The van der Waals surface area contributed by atoms with Gasteiger partial charge in [-0.2, -0.15) is 0 Å². The Morgan fingerprint density at radius 1 is 1.08 bits per heavy atom. The van der Waals surface area contributed by atoms with Gasteiger partial charge in [-0.15, -0.1) is 0 Å². The highest BCUT2D eigenvalue weighted by Gasteiger charge is 2.06. The van der Waals surface area contributed by atoms with Crippen LogP contribution in [0.5, 0.6) is 5.75 Å². The van der Waals surface area contributed by atoms with Crippen LogP contribution in [-0.4, -0.2) is 40.8 Å². The zero-order valence-electron chi connectivity index (χ0n) is 15.8. The van der Waals surface area contributed by atoms with E-state index in [0.29, 0.717) is 18.2 Å². The number of methoxy groups -OCH3 is 1. The Hall–Kier alpha value is -2.76. The highest BCUT2D eigenvalue weighted by Crippen LogP contribution is 2.18. The van der Waals surface area contributed by atoms with Crippen LogP contribution in [0.1, 0.15) is 11.1 Å². The van der Waals surface area contributed by atoms with Crippen molar-refractivity contribution in [2.24, 2.45) is 4.99 Å². The number of ether oxygens (including phenoxy) is 1. The van der Waals surface area contributed by atoms with Crippen molar-refractivity contribution in [3.8, 4) is 5.75 Å². The summed E-state index contributed by atoms with van der Waals surface area (Å²) in [4.78, 5) is 5.96. The minimum Gasteiger partial charge on any atom is -0.497 e. The molecule has 0 aromatic heterocycles. The normalized spacial score (nSPS) is 11.2. The fraction of sp³-hybridized carbons (Fsp3) is 0.350. The highest BCUT2D eigenvalue weighted by atomic mass is 19.1. The van der Waals surface area contributed by atoms with E-state index in [-0.39, 0.29) is 5.82 Å². The average molecular weight is 358 g/mol. The third-order valence-electron chi connectivity index (χ3n) is 4.04. The van der Waals surface area contributed by atoms with E-state index in [9.17, 15) is 4.39 Å². The summed E-state index contributed by atoms with van der Waals surface area (Å²) < 4.78 is 19.2. The molecule has 26 heavy (non-hydrogen) atoms. The summed E-state index contributed by atoms with van der Waals surface area (Å²) in [7, 11) is 7.03. The molecule has 0 aliphatic carbocycles. The number of rotatable bonds is 7. The molecule has 0 fully saturated rings. The van der Waals surface area contributed by atoms with Crippen molar-refractivity contribution in [3.05, 3.63) is 59.4 Å². The Morgan fingerprint density at radius 3 is 2.35 bits per heavy atom. The number of halogens is 1. The molecule has 2 rings (SSSR count). The quantitative estimate of drug-likeness (QED) is 0.590. The average Bonchev–Trinajstić information content (AvgIpc) is 2.64. The minimum absolute atomic E-state index is 0.225. The van der Waals surface area contributed by atoms with Gasteiger partial charge in [-0.25, -0.2) is 4.39 Å². The van der Waals surface area contributed by atoms with Crippen LogP contribution in [0.15, 0.2) is 47.5 Å². The Morgan fingerprint density at radius 2 is 1.77 bits per heavy atom. The number of anilines is 1. The predicted octanol–water partition coefficient (Wildman–Crippen LogP) is 2.81. The van der Waals surface area contributed by atoms with E-state index in [0.717, 1.165) is 24.3 Å². The predicted molar refractivity (Wildman–Crippen MR) is 106 cm³/mol. The van der Waals surface area contributed by atoms with Crippen molar-refractivity contribution in [1.29, 1.82) is 0 Å². The van der Waals surface area contributed by atoms with Gasteiger partial charge < -0.3 is 20.3 Å². The lowest BCUT2D eigenvalue weighted by molar-refractivity contribution is 0.414. The van der Waals surface area contributed by atoms with E-state index in [1.54, 1.807) is 31.2 Å². The van der Waals surface area contributed by atoms with Gasteiger partial charge in [0.05, 0.1) is 12.8 Å². The van der Waals surface area contributed by atoms with E-state index in [4.69, 9.17) is 4.74 Å². The summed E-state index contributed by atoms with van der Waals surface area (Å²) in [5, 5.41) is 6.47. The van der Waals surface area contributed by atoms with Crippen LogP contribution in [0.3, 0.4) is 0 Å². The first-order valence-corrected chi connectivity index (χ1v) is 8.56. The first-order chi connectivity index (χ1) is 12.5. The van der Waals surface area contributed by atoms with Gasteiger partial charge in [0.25, 0.3) is 0 Å². The summed E-state index contributed by atoms with van der Waals surface area (Å²) in [5.41, 5.74) is 2.66. The van der Waals surface area contributed by atoms with Crippen LogP contribution in [0.2, 0.25) is 0 Å². The summed E-state index contributed by atoms with van der Waals surface area (Å²) in [6, 6.07) is 13.2. The van der Waals surface area contributed by atoms with Crippen molar-refractivity contribution in [3.63, 3.8) is 0 Å². The van der Waals surface area contributed by atoms with Gasteiger partial charge in [0, 0.05) is 34.2 Å². The van der Waals surface area contributed by atoms with Gasteiger partial charge in [0.15, 0.2) is 5.96 Å². The third-order valence-corrected chi connectivity index (χ3v) is 4.04. The van der Waals surface area contributed by atoms with E-state index < -0.39 is 0 Å². The third kappa shape index (κ3) is 5.65. The fourth-order valence-corrected chi connectivity index (χ4v) is 2.55. The van der Waals surface area contributed by atoms with Crippen molar-refractivity contribution in [1.82, 2.24) is 10.6 Å². The second-order valence-corrected chi connectivity index (χ2v) is 6.13. The summed E-state index contributed by atoms with van der Waals surface area (Å²) in [5.74, 6) is 1.32. The SMILES string of the molecule is CN=C(NCCc1ccc(OC)cc1)NCc1ccc(N(C)C)c(F)c1. The summed E-state index contributed by atoms with van der Waals surface area (Å²) >= 11 is 0. The van der Waals surface area contributed by atoms with Gasteiger partial charge in [-0.3, -0.25) is 4.99 Å².